The Balaban J connectivity index is 0.000000178. The summed E-state index contributed by atoms with van der Waals surface area (Å²) in [6, 6.07) is 50.4. The SMILES string of the molecule is CC(C)[C@H](C)C(=O)O.CC(C)[C@H](C)C(=O)OCCl.CC1=C(c2ccc(O)cc2)C(=O)n2nc(-c3ccccc3)c(C3=CCCCC3)c2C1.CC1=C(c2ccc(OC(=O)[C@@H](C)C(C)C)cc2)C(=O)n2nc(-c3ccccc3)c(C3=CCCCC3)c2C1.CC1=C(c2ccc(OC(=O)[C@@H](N)C(C)C)cc2)C(=O)n2nc(-c3ccccc3)c(C3=CCCCC3)c2C1.O=S(=O)(Cl)OCCl. The van der Waals surface area contributed by atoms with Crippen molar-refractivity contribution in [1.29, 1.82) is 0 Å². The minimum Gasteiger partial charge on any atom is -0.508 e. The van der Waals surface area contributed by atoms with E-state index in [4.69, 9.17) is 58.8 Å². The highest BCUT2D eigenvalue weighted by Gasteiger charge is 2.37. The topological polar surface area (TPSA) is 310 Å². The molecule has 0 spiro atoms. The van der Waals surface area contributed by atoms with Gasteiger partial charge in [-0.3, -0.25) is 28.8 Å². The van der Waals surface area contributed by atoms with Crippen molar-refractivity contribution in [3.63, 3.8) is 0 Å². The van der Waals surface area contributed by atoms with Gasteiger partial charge in [0, 0.05) is 80.0 Å². The number of alkyl halides is 2. The zero-order chi connectivity index (χ0) is 93.7. The summed E-state index contributed by atoms with van der Waals surface area (Å²) < 4.78 is 43.5. The van der Waals surface area contributed by atoms with Crippen LogP contribution in [0.5, 0.6) is 17.2 Å². The molecule has 6 aliphatic rings. The number of carboxylic acids is 1. The average molecular weight is 1830 g/mol. The van der Waals surface area contributed by atoms with Crippen LogP contribution in [0.15, 0.2) is 199 Å². The van der Waals surface area contributed by atoms with Crippen molar-refractivity contribution >= 4 is 118 Å². The number of hydrogen-bond donors (Lipinski definition) is 3. The molecule has 3 aliphatic carbocycles. The lowest BCUT2D eigenvalue weighted by Gasteiger charge is -2.21. The molecule has 682 valence electrons. The van der Waals surface area contributed by atoms with Crippen molar-refractivity contribution in [2.24, 2.45) is 47.2 Å². The maximum atomic E-state index is 13.9. The van der Waals surface area contributed by atoms with Crippen molar-refractivity contribution in [2.75, 3.05) is 12.1 Å². The van der Waals surface area contributed by atoms with Gasteiger partial charge in [-0.25, -0.2) is 8.98 Å². The number of phenols is 1. The molecule has 26 heteroatoms. The number of ether oxygens (including phenoxy) is 3. The zero-order valence-electron chi connectivity index (χ0n) is 76.0. The number of aromatic nitrogens is 6. The first-order valence-electron chi connectivity index (χ1n) is 44.2. The van der Waals surface area contributed by atoms with Gasteiger partial charge >= 0.3 is 33.2 Å². The van der Waals surface area contributed by atoms with Crippen molar-refractivity contribution in [2.45, 2.75) is 199 Å². The summed E-state index contributed by atoms with van der Waals surface area (Å²) in [6.45, 7) is 27.0. The normalized spacial score (nSPS) is 15.8. The quantitative estimate of drug-likeness (QED) is 0.0246. The van der Waals surface area contributed by atoms with Gasteiger partial charge in [0.25, 0.3) is 17.7 Å². The van der Waals surface area contributed by atoms with E-state index in [0.29, 0.717) is 53.4 Å². The molecule has 3 aromatic heterocycles. The van der Waals surface area contributed by atoms with Crippen LogP contribution in [0.1, 0.15) is 239 Å². The molecule has 15 rings (SSSR count). The van der Waals surface area contributed by atoms with Crippen molar-refractivity contribution < 1.29 is 70.6 Å². The smallest absolute Gasteiger partial charge is 0.356 e. The van der Waals surface area contributed by atoms with E-state index in [1.807, 2.05) is 169 Å². The minimum atomic E-state index is -3.83. The number of esters is 3. The van der Waals surface area contributed by atoms with Gasteiger partial charge in [0.15, 0.2) is 6.07 Å². The van der Waals surface area contributed by atoms with Crippen LogP contribution in [0, 0.1) is 41.4 Å². The number of carbonyl (C=O) groups excluding carboxylic acids is 6. The molecular weight excluding hydrogens is 1710 g/mol. The van der Waals surface area contributed by atoms with Gasteiger partial charge in [-0.15, -0.1) is 0 Å². The zero-order valence-corrected chi connectivity index (χ0v) is 79.0. The van der Waals surface area contributed by atoms with E-state index >= 15 is 0 Å². The molecule has 4 atom stereocenters. The van der Waals surface area contributed by atoms with Gasteiger partial charge in [0.05, 0.1) is 34.8 Å². The Morgan fingerprint density at radius 1 is 0.419 bits per heavy atom. The molecule has 0 fully saturated rings. The minimum absolute atomic E-state index is 0.0160. The highest BCUT2D eigenvalue weighted by molar-refractivity contribution is 8.10. The largest absolute Gasteiger partial charge is 0.508 e. The van der Waals surface area contributed by atoms with E-state index in [1.165, 1.54) is 42.4 Å². The monoisotopic (exact) mass is 1830 g/mol. The second-order valence-electron chi connectivity index (χ2n) is 34.5. The van der Waals surface area contributed by atoms with Crippen LogP contribution in [-0.4, -0.2) is 108 Å². The molecule has 0 bridgehead atoms. The summed E-state index contributed by atoms with van der Waals surface area (Å²) in [7, 11) is 0.665. The maximum Gasteiger partial charge on any atom is 0.356 e. The van der Waals surface area contributed by atoms with E-state index in [-0.39, 0.29) is 77.0 Å². The third kappa shape index (κ3) is 25.5. The predicted molar refractivity (Wildman–Crippen MR) is 511 cm³/mol. The lowest BCUT2D eigenvalue weighted by atomic mass is 9.87. The predicted octanol–water partition coefficient (Wildman–Crippen LogP) is 23.4. The average Bonchev–Trinajstić information content (AvgIpc) is 1.61. The number of halogens is 3. The van der Waals surface area contributed by atoms with Gasteiger partial charge in [0.1, 0.15) is 46.4 Å². The molecule has 0 saturated heterocycles. The second-order valence-corrected chi connectivity index (χ2v) is 37.1. The van der Waals surface area contributed by atoms with Gasteiger partial charge in [0.2, 0.25) is 0 Å². The van der Waals surface area contributed by atoms with Gasteiger partial charge in [-0.1, -0.05) is 262 Å². The standard InChI is InChI=1S/C32H34N2O3.C31H33N3O3.C26H24N2O2.C7H13ClO2.C6H12O2.CH2Cl2O3S/c1-20(2)22(4)32(36)37-26-17-15-24(16-18-26)28-21(3)19-27-29(23-11-7-5-8-12-23)30(33-34(27)31(28)35)25-13-9-6-10-14-25;1-19(2)28(32)31(36)37-24-16-14-22(15-17-24)26-20(3)18-25-27(21-10-6-4-7-11-21)29(33-34(25)30(26)35)23-12-8-5-9-13-23;1-17-16-22-24(18-8-4-2-5-9-18)25(20-10-6-3-7-11-20)27-28(22)26(30)23(17)19-12-14-21(29)15-13-19;1-5(2)6(3)7(9)10-4-8;1-4(2)5(3)6(7)8;2-1-6-7(3,4)5/h6,9-11,13-18,20,22H,5,7-8,12,19H2,1-4H3;5,8-10,12-17,19,28H,4,6-7,11,18,32H2,1-3H3;3,6-8,10-15,29H,2,4-5,9,16H2,1H3;5-6H,4H2,1-3H3;4-5H,1-3H3,(H,7,8);1H2/t22-;28-;;6-;5-;/m00.00./s1. The Labute approximate surface area is 771 Å². The molecule has 4 N–H and O–H groups in total. The van der Waals surface area contributed by atoms with E-state index < -0.39 is 33.4 Å². The van der Waals surface area contributed by atoms with Crippen molar-refractivity contribution in [3.05, 3.63) is 249 Å². The number of aromatic hydroxyl groups is 1. The summed E-state index contributed by atoms with van der Waals surface area (Å²) in [5.41, 5.74) is 29.3. The van der Waals surface area contributed by atoms with Crippen LogP contribution in [0.3, 0.4) is 0 Å². The fraction of sp³-hybridized carbons (Fsp3) is 0.379. The summed E-state index contributed by atoms with van der Waals surface area (Å²) in [6.07, 6.45) is 22.3. The number of fused-ring (bicyclic) bond motifs is 3. The molecule has 3 aliphatic heterocycles. The van der Waals surface area contributed by atoms with Crippen molar-refractivity contribution in [1.82, 2.24) is 29.3 Å². The van der Waals surface area contributed by atoms with Crippen molar-refractivity contribution in [3.8, 4) is 51.0 Å². The molecular formula is C103H118Cl3N7O15S. The second kappa shape index (κ2) is 46.4. The number of carbonyl (C=O) groups is 7. The van der Waals surface area contributed by atoms with E-state index in [2.05, 4.69) is 74.2 Å². The molecule has 0 amide bonds. The molecule has 6 heterocycles. The summed E-state index contributed by atoms with van der Waals surface area (Å²) >= 11 is 10.0. The van der Waals surface area contributed by atoms with Crippen LogP contribution in [0.2, 0.25) is 0 Å². The molecule has 0 unspecified atom stereocenters. The van der Waals surface area contributed by atoms with Crippen LogP contribution in [0.25, 0.3) is 67.2 Å². The Bertz CT molecular complexity index is 5610. The summed E-state index contributed by atoms with van der Waals surface area (Å²) in [4.78, 5) is 86.9. The van der Waals surface area contributed by atoms with Crippen LogP contribution < -0.4 is 15.2 Å². The van der Waals surface area contributed by atoms with E-state index in [0.717, 1.165) is 152 Å². The molecule has 22 nitrogen and oxygen atoms in total. The first kappa shape index (κ1) is 100.0. The van der Waals surface area contributed by atoms with Gasteiger partial charge < -0.3 is 30.2 Å². The van der Waals surface area contributed by atoms with E-state index in [9.17, 15) is 47.1 Å². The number of nitrogens with zero attached hydrogens (tertiary/aromatic N) is 6. The first-order valence-corrected chi connectivity index (χ1v) is 47.5. The lowest BCUT2D eigenvalue weighted by Crippen LogP contribution is -2.38. The van der Waals surface area contributed by atoms with Crippen LogP contribution in [-0.2, 0) is 56.7 Å². The number of carboxylic acid groups (broad SMARTS) is 1. The Hall–Kier alpha value is -11.2. The van der Waals surface area contributed by atoms with Gasteiger partial charge in [-0.2, -0.15) is 37.8 Å². The van der Waals surface area contributed by atoms with E-state index in [1.54, 1.807) is 69.5 Å². The van der Waals surface area contributed by atoms with Crippen LogP contribution >= 0.6 is 33.9 Å². The number of hydrogen-bond acceptors (Lipinski definition) is 18. The molecule has 0 saturated carbocycles. The highest BCUT2D eigenvalue weighted by Crippen LogP contribution is 2.45. The summed E-state index contributed by atoms with van der Waals surface area (Å²) in [5.74, 6) is -0.603. The van der Waals surface area contributed by atoms with Crippen LogP contribution in [0.4, 0.5) is 0 Å². The Kier molecular flexibility index (Phi) is 35.9. The molecule has 0 radical (unpaired) electrons. The Morgan fingerprint density at radius 3 is 0.984 bits per heavy atom. The number of nitrogens with two attached hydrogens (primary N) is 1. The number of rotatable bonds is 22. The first-order chi connectivity index (χ1) is 61.5. The maximum absolute atomic E-state index is 13.9. The number of allylic oxidation sites excluding steroid dienone is 12. The fourth-order valence-corrected chi connectivity index (χ4v) is 16.5. The highest BCUT2D eigenvalue weighted by atomic mass is 35.7. The third-order valence-electron chi connectivity index (χ3n) is 24.1. The Morgan fingerprint density at radius 2 is 0.729 bits per heavy atom. The lowest BCUT2D eigenvalue weighted by molar-refractivity contribution is -0.147. The number of benzene rings is 6. The molecule has 6 aromatic carbocycles. The third-order valence-corrected chi connectivity index (χ3v) is 25.1. The summed E-state index contributed by atoms with van der Waals surface area (Å²) in [5, 5.41) is 32.6. The molecule has 9 aromatic rings. The number of phenolic OH excluding ortho intramolecular Hbond substituents is 1. The van der Waals surface area contributed by atoms with Gasteiger partial charge in [-0.05, 0) is 191 Å². The number of aliphatic carboxylic acids is 1. The molecule has 129 heavy (non-hydrogen) atoms. The fourth-order valence-electron chi connectivity index (χ4n) is 15.7.